The Morgan fingerprint density at radius 1 is 1.42 bits per heavy atom. The van der Waals surface area contributed by atoms with Gasteiger partial charge in [0, 0.05) is 12.3 Å². The minimum absolute atomic E-state index is 0.122. The van der Waals surface area contributed by atoms with Crippen LogP contribution in [-0.4, -0.2) is 33.8 Å². The van der Waals surface area contributed by atoms with Crippen molar-refractivity contribution < 1.29 is 22.3 Å². The van der Waals surface area contributed by atoms with E-state index >= 15 is 0 Å². The molecule has 0 saturated carbocycles. The fourth-order valence-corrected chi connectivity index (χ4v) is 1.83. The molecule has 0 saturated heterocycles. The summed E-state index contributed by atoms with van der Waals surface area (Å²) < 4.78 is 42.4. The van der Waals surface area contributed by atoms with Crippen molar-refractivity contribution >= 4 is 27.3 Å². The molecular formula is C11H15FN2O4S. The predicted molar refractivity (Wildman–Crippen MR) is 70.0 cm³/mol. The van der Waals surface area contributed by atoms with E-state index < -0.39 is 21.7 Å². The molecule has 0 heterocycles. The quantitative estimate of drug-likeness (QED) is 0.823. The first-order valence-electron chi connectivity index (χ1n) is 5.46. The van der Waals surface area contributed by atoms with E-state index in [-0.39, 0.29) is 18.0 Å². The number of ether oxygens (including phenoxy) is 1. The number of halogens is 1. The van der Waals surface area contributed by atoms with Crippen molar-refractivity contribution in [2.45, 2.75) is 6.92 Å². The average molecular weight is 290 g/mol. The summed E-state index contributed by atoms with van der Waals surface area (Å²) in [6.45, 7) is 2.03. The molecule has 1 aromatic rings. The number of hydrogen-bond acceptors (Lipinski definition) is 4. The number of carbonyl (C=O) groups excluding carboxylic acids is 1. The van der Waals surface area contributed by atoms with E-state index in [4.69, 9.17) is 4.74 Å². The van der Waals surface area contributed by atoms with E-state index in [1.807, 2.05) is 4.72 Å². The molecule has 8 heteroatoms. The largest absolute Gasteiger partial charge is 0.372 e. The third-order valence-electron chi connectivity index (χ3n) is 1.98. The minimum Gasteiger partial charge on any atom is -0.372 e. The van der Waals surface area contributed by atoms with E-state index in [0.29, 0.717) is 6.61 Å². The SMILES string of the molecule is CCOCC(=O)Nc1ccc(F)c(NS(C)(=O)=O)c1. The maximum absolute atomic E-state index is 13.4. The Balaban J connectivity index is 2.81. The number of nitrogens with one attached hydrogen (secondary N) is 2. The first-order chi connectivity index (χ1) is 8.81. The van der Waals surface area contributed by atoms with Crippen molar-refractivity contribution in [3.05, 3.63) is 24.0 Å². The third-order valence-corrected chi connectivity index (χ3v) is 2.57. The maximum atomic E-state index is 13.4. The Morgan fingerprint density at radius 2 is 2.11 bits per heavy atom. The number of benzene rings is 1. The number of hydrogen-bond donors (Lipinski definition) is 2. The lowest BCUT2D eigenvalue weighted by Gasteiger charge is -2.09. The van der Waals surface area contributed by atoms with Crippen LogP contribution in [0.3, 0.4) is 0 Å². The summed E-state index contributed by atoms with van der Waals surface area (Å²) in [5.74, 6) is -1.13. The molecular weight excluding hydrogens is 275 g/mol. The lowest BCUT2D eigenvalue weighted by molar-refractivity contribution is -0.120. The predicted octanol–water partition coefficient (Wildman–Crippen LogP) is 1.17. The van der Waals surface area contributed by atoms with Gasteiger partial charge in [0.1, 0.15) is 12.4 Å². The summed E-state index contributed by atoms with van der Waals surface area (Å²) in [6.07, 6.45) is 0.910. The molecule has 106 valence electrons. The van der Waals surface area contributed by atoms with Crippen LogP contribution < -0.4 is 10.0 Å². The highest BCUT2D eigenvalue weighted by atomic mass is 32.2. The molecule has 0 fully saturated rings. The van der Waals surface area contributed by atoms with Gasteiger partial charge in [-0.1, -0.05) is 0 Å². The summed E-state index contributed by atoms with van der Waals surface area (Å²) in [7, 11) is -3.59. The first-order valence-corrected chi connectivity index (χ1v) is 7.36. The molecule has 0 atom stereocenters. The van der Waals surface area contributed by atoms with Crippen LogP contribution in [0.5, 0.6) is 0 Å². The van der Waals surface area contributed by atoms with Gasteiger partial charge in [-0.2, -0.15) is 0 Å². The molecule has 0 bridgehead atoms. The Morgan fingerprint density at radius 3 is 2.68 bits per heavy atom. The van der Waals surface area contributed by atoms with Gasteiger partial charge < -0.3 is 10.1 Å². The first kappa shape index (κ1) is 15.4. The Labute approximate surface area is 111 Å². The lowest BCUT2D eigenvalue weighted by atomic mass is 10.2. The molecule has 2 N–H and O–H groups in total. The topological polar surface area (TPSA) is 84.5 Å². The van der Waals surface area contributed by atoms with E-state index in [9.17, 15) is 17.6 Å². The van der Waals surface area contributed by atoms with Gasteiger partial charge in [-0.15, -0.1) is 0 Å². The number of amides is 1. The molecule has 6 nitrogen and oxygen atoms in total. The second-order valence-corrected chi connectivity index (χ2v) is 5.50. The zero-order valence-electron chi connectivity index (χ0n) is 10.6. The standard InChI is InChI=1S/C11H15FN2O4S/c1-3-18-7-11(15)13-8-4-5-9(12)10(6-8)14-19(2,16)17/h4-6,14H,3,7H2,1-2H3,(H,13,15). The Hall–Kier alpha value is -1.67. The van der Waals surface area contributed by atoms with E-state index in [0.717, 1.165) is 12.3 Å². The third kappa shape index (κ3) is 5.66. The molecule has 1 aromatic carbocycles. The number of sulfonamides is 1. The molecule has 19 heavy (non-hydrogen) atoms. The van der Waals surface area contributed by atoms with Gasteiger partial charge in [0.05, 0.1) is 11.9 Å². The fraction of sp³-hybridized carbons (Fsp3) is 0.364. The second-order valence-electron chi connectivity index (χ2n) is 3.75. The van der Waals surface area contributed by atoms with Gasteiger partial charge in [0.2, 0.25) is 15.9 Å². The van der Waals surface area contributed by atoms with Gasteiger partial charge in [-0.3, -0.25) is 9.52 Å². The molecule has 0 radical (unpaired) electrons. The maximum Gasteiger partial charge on any atom is 0.250 e. The minimum atomic E-state index is -3.59. The lowest BCUT2D eigenvalue weighted by Crippen LogP contribution is -2.18. The van der Waals surface area contributed by atoms with Gasteiger partial charge >= 0.3 is 0 Å². The van der Waals surface area contributed by atoms with Crippen LogP contribution in [0.4, 0.5) is 15.8 Å². The van der Waals surface area contributed by atoms with Crippen molar-refractivity contribution in [1.82, 2.24) is 0 Å². The van der Waals surface area contributed by atoms with Crippen LogP contribution in [0.1, 0.15) is 6.92 Å². The van der Waals surface area contributed by atoms with Gasteiger partial charge in [-0.05, 0) is 25.1 Å². The van der Waals surface area contributed by atoms with Crippen LogP contribution >= 0.6 is 0 Å². The van der Waals surface area contributed by atoms with Gasteiger partial charge in [-0.25, -0.2) is 12.8 Å². The summed E-state index contributed by atoms with van der Waals surface area (Å²) in [4.78, 5) is 11.4. The Kier molecular flexibility index (Phi) is 5.25. The van der Waals surface area contributed by atoms with Crippen molar-refractivity contribution in [3.63, 3.8) is 0 Å². The summed E-state index contributed by atoms with van der Waals surface area (Å²) >= 11 is 0. The van der Waals surface area contributed by atoms with Crippen LogP contribution in [0, 0.1) is 5.82 Å². The monoisotopic (exact) mass is 290 g/mol. The molecule has 0 aliphatic rings. The van der Waals surface area contributed by atoms with Crippen LogP contribution in [0.2, 0.25) is 0 Å². The summed E-state index contributed by atoms with van der Waals surface area (Å²) in [5, 5.41) is 2.46. The zero-order chi connectivity index (χ0) is 14.5. The molecule has 0 aliphatic heterocycles. The van der Waals surface area contributed by atoms with Crippen LogP contribution in [0.15, 0.2) is 18.2 Å². The molecule has 0 spiro atoms. The molecule has 0 unspecified atom stereocenters. The van der Waals surface area contributed by atoms with E-state index in [1.165, 1.54) is 12.1 Å². The fourth-order valence-electron chi connectivity index (χ4n) is 1.27. The van der Waals surface area contributed by atoms with Crippen molar-refractivity contribution in [1.29, 1.82) is 0 Å². The molecule has 1 amide bonds. The van der Waals surface area contributed by atoms with Crippen molar-refractivity contribution in [3.8, 4) is 0 Å². The highest BCUT2D eigenvalue weighted by Crippen LogP contribution is 2.20. The van der Waals surface area contributed by atoms with Gasteiger partial charge in [0.25, 0.3) is 0 Å². The average Bonchev–Trinajstić information content (AvgIpc) is 2.29. The van der Waals surface area contributed by atoms with Gasteiger partial charge in [0.15, 0.2) is 0 Å². The summed E-state index contributed by atoms with van der Waals surface area (Å²) in [6, 6.07) is 3.58. The van der Waals surface area contributed by atoms with Crippen LogP contribution in [-0.2, 0) is 19.6 Å². The molecule has 0 aromatic heterocycles. The smallest absolute Gasteiger partial charge is 0.250 e. The van der Waals surface area contributed by atoms with Crippen molar-refractivity contribution in [2.24, 2.45) is 0 Å². The number of rotatable bonds is 6. The number of carbonyl (C=O) groups is 1. The number of anilines is 2. The zero-order valence-corrected chi connectivity index (χ0v) is 11.4. The highest BCUT2D eigenvalue weighted by molar-refractivity contribution is 7.92. The highest BCUT2D eigenvalue weighted by Gasteiger charge is 2.10. The second kappa shape index (κ2) is 6.48. The normalized spacial score (nSPS) is 11.1. The molecule has 1 rings (SSSR count). The summed E-state index contributed by atoms with van der Waals surface area (Å²) in [5.41, 5.74) is 0.0500. The Bertz CT molecular complexity index is 560. The van der Waals surface area contributed by atoms with E-state index in [2.05, 4.69) is 5.32 Å². The van der Waals surface area contributed by atoms with Crippen LogP contribution in [0.25, 0.3) is 0 Å². The van der Waals surface area contributed by atoms with E-state index in [1.54, 1.807) is 6.92 Å². The van der Waals surface area contributed by atoms with Crippen molar-refractivity contribution in [2.75, 3.05) is 29.5 Å². The molecule has 0 aliphatic carbocycles.